The second kappa shape index (κ2) is 13.5. The van der Waals surface area contributed by atoms with Crippen LogP contribution in [0, 0.1) is 5.92 Å². The average Bonchev–Trinajstić information content (AvgIpc) is 2.36. The smallest absolute Gasteiger partial charge is 0.0135 e. The van der Waals surface area contributed by atoms with Crippen molar-refractivity contribution < 1.29 is 0 Å². The Kier molecular flexibility index (Phi) is 13.1. The summed E-state index contributed by atoms with van der Waals surface area (Å²) in [4.78, 5) is 0. The number of unbranched alkanes of at least 4 members (excludes halogenated alkanes) is 3. The van der Waals surface area contributed by atoms with Crippen LogP contribution >= 0.6 is 0 Å². The summed E-state index contributed by atoms with van der Waals surface area (Å²) < 4.78 is 0. The highest BCUT2D eigenvalue weighted by molar-refractivity contribution is 4.84. The Hall–Kier alpha value is -0.560. The van der Waals surface area contributed by atoms with Crippen LogP contribution in [0.2, 0.25) is 0 Å². The van der Waals surface area contributed by atoms with Gasteiger partial charge in [-0.05, 0) is 38.1 Å². The van der Waals surface area contributed by atoms with Gasteiger partial charge in [0.25, 0.3) is 0 Å². The van der Waals surface area contributed by atoms with E-state index >= 15 is 0 Å². The van der Waals surface area contributed by atoms with Crippen LogP contribution in [0.3, 0.4) is 0 Å². The maximum Gasteiger partial charge on any atom is 0.0135 e. The lowest BCUT2D eigenvalue weighted by Crippen LogP contribution is -2.22. The fourth-order valence-electron chi connectivity index (χ4n) is 1.90. The van der Waals surface area contributed by atoms with Crippen LogP contribution in [-0.2, 0) is 0 Å². The first kappa shape index (κ1) is 16.4. The van der Waals surface area contributed by atoms with Gasteiger partial charge >= 0.3 is 0 Å². The molecule has 1 nitrogen and oxygen atoms in total. The van der Waals surface area contributed by atoms with Crippen LogP contribution in [-0.4, -0.2) is 13.1 Å². The molecule has 100 valence electrons. The number of hydrogen-bond donors (Lipinski definition) is 1. The van der Waals surface area contributed by atoms with Gasteiger partial charge in [-0.1, -0.05) is 51.3 Å². The minimum absolute atomic E-state index is 0.865. The van der Waals surface area contributed by atoms with Gasteiger partial charge in [-0.15, -0.1) is 6.58 Å². The molecule has 0 aliphatic heterocycles. The molecule has 0 aromatic heterocycles. The molecule has 0 spiro atoms. The van der Waals surface area contributed by atoms with Crippen molar-refractivity contribution in [2.75, 3.05) is 13.1 Å². The molecular formula is C16H31N. The molecule has 0 amide bonds. The Morgan fingerprint density at radius 1 is 1.12 bits per heavy atom. The highest BCUT2D eigenvalue weighted by Gasteiger charge is 2.03. The molecule has 0 heterocycles. The Bertz CT molecular complexity index is 184. The zero-order chi connectivity index (χ0) is 12.8. The molecule has 0 aromatic carbocycles. The zero-order valence-corrected chi connectivity index (χ0v) is 11.9. The average molecular weight is 237 g/mol. The highest BCUT2D eigenvalue weighted by Crippen LogP contribution is 2.10. The topological polar surface area (TPSA) is 12.0 Å². The van der Waals surface area contributed by atoms with Gasteiger partial charge in [0.2, 0.25) is 0 Å². The standard InChI is InChI=1S/C16H31N/c1-4-7-9-10-11-12-14-17-15-16(6-3)13-8-5-2/h4,11-12,16-17H,1,5-10,13-15H2,2-3H3/b12-11+. The largest absolute Gasteiger partial charge is 0.313 e. The van der Waals surface area contributed by atoms with Crippen LogP contribution in [0.5, 0.6) is 0 Å². The molecule has 0 radical (unpaired) electrons. The van der Waals surface area contributed by atoms with Crippen LogP contribution in [0.1, 0.15) is 58.8 Å². The third kappa shape index (κ3) is 11.7. The molecule has 0 rings (SSSR count). The highest BCUT2D eigenvalue weighted by atomic mass is 14.8. The summed E-state index contributed by atoms with van der Waals surface area (Å²) in [5, 5.41) is 3.53. The lowest BCUT2D eigenvalue weighted by molar-refractivity contribution is 0.428. The molecule has 0 fully saturated rings. The lowest BCUT2D eigenvalue weighted by Gasteiger charge is -2.14. The normalized spacial score (nSPS) is 13.1. The Balaban J connectivity index is 3.37. The minimum atomic E-state index is 0.865. The predicted octanol–water partition coefficient (Wildman–Crippen LogP) is 4.70. The molecule has 0 saturated carbocycles. The van der Waals surface area contributed by atoms with Crippen molar-refractivity contribution in [1.29, 1.82) is 0 Å². The van der Waals surface area contributed by atoms with E-state index in [1.54, 1.807) is 0 Å². The summed E-state index contributed by atoms with van der Waals surface area (Å²) in [6, 6.07) is 0. The first-order valence-corrected chi connectivity index (χ1v) is 7.31. The molecular weight excluding hydrogens is 206 g/mol. The van der Waals surface area contributed by atoms with E-state index in [2.05, 4.69) is 37.9 Å². The van der Waals surface area contributed by atoms with Gasteiger partial charge in [0.05, 0.1) is 0 Å². The number of allylic oxidation sites excluding steroid dienone is 2. The Labute approximate surface area is 108 Å². The van der Waals surface area contributed by atoms with Crippen molar-refractivity contribution in [2.24, 2.45) is 5.92 Å². The summed E-state index contributed by atoms with van der Waals surface area (Å²) in [5.41, 5.74) is 0. The van der Waals surface area contributed by atoms with Crippen LogP contribution < -0.4 is 5.32 Å². The summed E-state index contributed by atoms with van der Waals surface area (Å²) in [7, 11) is 0. The van der Waals surface area contributed by atoms with Crippen molar-refractivity contribution >= 4 is 0 Å². The minimum Gasteiger partial charge on any atom is -0.313 e. The van der Waals surface area contributed by atoms with Crippen LogP contribution in [0.25, 0.3) is 0 Å². The fraction of sp³-hybridized carbons (Fsp3) is 0.750. The van der Waals surface area contributed by atoms with Gasteiger partial charge in [-0.25, -0.2) is 0 Å². The van der Waals surface area contributed by atoms with Gasteiger partial charge in [0.15, 0.2) is 0 Å². The van der Waals surface area contributed by atoms with Crippen molar-refractivity contribution in [3.05, 3.63) is 24.8 Å². The van der Waals surface area contributed by atoms with E-state index in [1.807, 2.05) is 6.08 Å². The second-order valence-electron chi connectivity index (χ2n) is 4.77. The van der Waals surface area contributed by atoms with E-state index in [0.29, 0.717) is 0 Å². The molecule has 0 aliphatic carbocycles. The monoisotopic (exact) mass is 237 g/mol. The maximum atomic E-state index is 3.72. The number of hydrogen-bond acceptors (Lipinski definition) is 1. The van der Waals surface area contributed by atoms with Gasteiger partial charge < -0.3 is 5.32 Å². The van der Waals surface area contributed by atoms with Crippen molar-refractivity contribution in [1.82, 2.24) is 5.32 Å². The summed E-state index contributed by atoms with van der Waals surface area (Å²) in [5.74, 6) is 0.865. The first-order chi connectivity index (χ1) is 8.35. The molecule has 17 heavy (non-hydrogen) atoms. The molecule has 0 aromatic rings. The van der Waals surface area contributed by atoms with Gasteiger partial charge in [0, 0.05) is 6.54 Å². The van der Waals surface area contributed by atoms with Gasteiger partial charge in [-0.2, -0.15) is 0 Å². The third-order valence-electron chi connectivity index (χ3n) is 3.18. The van der Waals surface area contributed by atoms with E-state index in [0.717, 1.165) is 18.9 Å². The zero-order valence-electron chi connectivity index (χ0n) is 11.9. The fourth-order valence-corrected chi connectivity index (χ4v) is 1.90. The van der Waals surface area contributed by atoms with Crippen molar-refractivity contribution in [2.45, 2.75) is 58.8 Å². The molecule has 1 unspecified atom stereocenters. The van der Waals surface area contributed by atoms with Gasteiger partial charge in [0.1, 0.15) is 0 Å². The van der Waals surface area contributed by atoms with Crippen LogP contribution in [0.15, 0.2) is 24.8 Å². The third-order valence-corrected chi connectivity index (χ3v) is 3.18. The van der Waals surface area contributed by atoms with Gasteiger partial charge in [-0.3, -0.25) is 0 Å². The SMILES string of the molecule is C=CCCC/C=C/CNCC(CC)CCCC. The summed E-state index contributed by atoms with van der Waals surface area (Å²) >= 11 is 0. The molecule has 1 heteroatoms. The van der Waals surface area contributed by atoms with E-state index in [9.17, 15) is 0 Å². The molecule has 0 saturated heterocycles. The lowest BCUT2D eigenvalue weighted by atomic mass is 9.99. The number of nitrogens with one attached hydrogen (secondary N) is 1. The van der Waals surface area contributed by atoms with E-state index in [4.69, 9.17) is 0 Å². The van der Waals surface area contributed by atoms with E-state index in [-0.39, 0.29) is 0 Å². The Morgan fingerprint density at radius 3 is 2.59 bits per heavy atom. The van der Waals surface area contributed by atoms with E-state index in [1.165, 1.54) is 45.1 Å². The van der Waals surface area contributed by atoms with Crippen molar-refractivity contribution in [3.8, 4) is 0 Å². The number of rotatable bonds is 12. The molecule has 1 atom stereocenters. The molecule has 1 N–H and O–H groups in total. The summed E-state index contributed by atoms with van der Waals surface area (Å²) in [6.07, 6.45) is 15.4. The predicted molar refractivity (Wildman–Crippen MR) is 79.4 cm³/mol. The van der Waals surface area contributed by atoms with E-state index < -0.39 is 0 Å². The van der Waals surface area contributed by atoms with Crippen molar-refractivity contribution in [3.63, 3.8) is 0 Å². The maximum absolute atomic E-state index is 3.72. The Morgan fingerprint density at radius 2 is 1.94 bits per heavy atom. The first-order valence-electron chi connectivity index (χ1n) is 7.31. The van der Waals surface area contributed by atoms with Crippen LogP contribution in [0.4, 0.5) is 0 Å². The summed E-state index contributed by atoms with van der Waals surface area (Å²) in [6.45, 7) is 10.5. The quantitative estimate of drug-likeness (QED) is 0.383. The second-order valence-corrected chi connectivity index (χ2v) is 4.77. The molecule has 0 aliphatic rings. The molecule has 0 bridgehead atoms.